The molecule has 0 heterocycles. The summed E-state index contributed by atoms with van der Waals surface area (Å²) in [5.41, 5.74) is 0.0292. The Morgan fingerprint density at radius 1 is 0.931 bits per heavy atom. The van der Waals surface area contributed by atoms with Crippen molar-refractivity contribution < 1.29 is 8.85 Å². The molecule has 5 heteroatoms. The molecule has 0 unspecified atom stereocenters. The highest BCUT2D eigenvalue weighted by Crippen LogP contribution is 2.40. The van der Waals surface area contributed by atoms with E-state index in [9.17, 15) is 0 Å². The Labute approximate surface area is 197 Å². The summed E-state index contributed by atoms with van der Waals surface area (Å²) >= 11 is 2.45. The maximum Gasteiger partial charge on any atom is 0.192 e. The molecule has 0 spiro atoms. The van der Waals surface area contributed by atoms with Gasteiger partial charge < -0.3 is 8.85 Å². The monoisotopic (exact) mass is 548 g/mol. The van der Waals surface area contributed by atoms with E-state index in [2.05, 4.69) is 121 Å². The van der Waals surface area contributed by atoms with Crippen LogP contribution in [0.1, 0.15) is 60.8 Å². The van der Waals surface area contributed by atoms with Gasteiger partial charge >= 0.3 is 0 Å². The molecule has 0 aromatic carbocycles. The summed E-state index contributed by atoms with van der Waals surface area (Å²) in [6, 6.07) is 0. The number of rotatable bonds is 9. The van der Waals surface area contributed by atoms with Gasteiger partial charge in [-0.25, -0.2) is 0 Å². The van der Waals surface area contributed by atoms with Crippen molar-refractivity contribution >= 4 is 39.2 Å². The van der Waals surface area contributed by atoms with Gasteiger partial charge in [-0.05, 0) is 78.1 Å². The van der Waals surface area contributed by atoms with Crippen molar-refractivity contribution in [2.45, 2.75) is 97.1 Å². The van der Waals surface area contributed by atoms with Crippen molar-refractivity contribution in [3.8, 4) is 0 Å². The van der Waals surface area contributed by atoms with E-state index in [1.165, 1.54) is 3.58 Å². The zero-order valence-corrected chi connectivity index (χ0v) is 24.8. The van der Waals surface area contributed by atoms with Crippen LogP contribution in [0.4, 0.5) is 0 Å². The summed E-state index contributed by atoms with van der Waals surface area (Å²) in [6.07, 6.45) is 14.9. The molecule has 0 saturated heterocycles. The summed E-state index contributed by atoms with van der Waals surface area (Å²) in [6.45, 7) is 24.7. The molecule has 0 N–H and O–H groups in total. The first-order valence-electron chi connectivity index (χ1n) is 11.0. The van der Waals surface area contributed by atoms with Gasteiger partial charge in [0.15, 0.2) is 16.6 Å². The summed E-state index contributed by atoms with van der Waals surface area (Å²) in [4.78, 5) is 0. The Balaban J connectivity index is 2.71. The van der Waals surface area contributed by atoms with E-state index >= 15 is 0 Å². The maximum atomic E-state index is 6.62. The van der Waals surface area contributed by atoms with Crippen LogP contribution in [-0.4, -0.2) is 29.8 Å². The van der Waals surface area contributed by atoms with Gasteiger partial charge in [0.05, 0.1) is 6.61 Å². The molecule has 0 bridgehead atoms. The van der Waals surface area contributed by atoms with Gasteiger partial charge in [0, 0.05) is 15.6 Å². The number of hydrogen-bond acceptors (Lipinski definition) is 2. The van der Waals surface area contributed by atoms with E-state index in [0.717, 1.165) is 32.5 Å². The molecule has 29 heavy (non-hydrogen) atoms. The van der Waals surface area contributed by atoms with Crippen molar-refractivity contribution in [2.24, 2.45) is 5.41 Å². The lowest BCUT2D eigenvalue weighted by molar-refractivity contribution is 0.200. The van der Waals surface area contributed by atoms with Gasteiger partial charge in [-0.3, -0.25) is 0 Å². The van der Waals surface area contributed by atoms with E-state index in [4.69, 9.17) is 8.85 Å². The fraction of sp³-hybridized carbons (Fsp3) is 0.750. The lowest BCUT2D eigenvalue weighted by atomic mass is 9.81. The molecule has 1 rings (SSSR count). The van der Waals surface area contributed by atoms with Crippen LogP contribution in [0.5, 0.6) is 0 Å². The van der Waals surface area contributed by atoms with Gasteiger partial charge in [-0.2, -0.15) is 0 Å². The van der Waals surface area contributed by atoms with E-state index in [1.807, 2.05) is 0 Å². The van der Waals surface area contributed by atoms with E-state index in [0.29, 0.717) is 0 Å². The molecule has 0 amide bonds. The topological polar surface area (TPSA) is 18.5 Å². The predicted molar refractivity (Wildman–Crippen MR) is 143 cm³/mol. The average Bonchev–Trinajstić information content (AvgIpc) is 2.57. The highest BCUT2D eigenvalue weighted by Gasteiger charge is 2.39. The quantitative estimate of drug-likeness (QED) is 0.163. The van der Waals surface area contributed by atoms with Crippen LogP contribution in [0, 0.1) is 5.41 Å². The maximum absolute atomic E-state index is 6.62. The first kappa shape index (κ1) is 27.3. The summed E-state index contributed by atoms with van der Waals surface area (Å²) in [5.74, 6) is 0. The van der Waals surface area contributed by atoms with E-state index in [1.54, 1.807) is 0 Å². The fourth-order valence-corrected chi connectivity index (χ4v) is 5.40. The Hall–Kier alpha value is 0.304. The van der Waals surface area contributed by atoms with Crippen molar-refractivity contribution in [3.63, 3.8) is 0 Å². The van der Waals surface area contributed by atoms with Crippen LogP contribution in [0.2, 0.25) is 36.3 Å². The Kier molecular flexibility index (Phi) is 9.69. The molecule has 0 aliphatic heterocycles. The van der Waals surface area contributed by atoms with Gasteiger partial charge in [0.25, 0.3) is 0 Å². The third kappa shape index (κ3) is 8.39. The zero-order valence-electron chi connectivity index (χ0n) is 20.6. The van der Waals surface area contributed by atoms with Crippen molar-refractivity contribution in [1.82, 2.24) is 0 Å². The third-order valence-electron chi connectivity index (χ3n) is 7.03. The SMILES string of the molecule is CC(C)(C)[Si](C)(C)OC/C(I)=C/CCC1(CO[Si](C)(C)C(C)(C)C)C=CCC=C1. The molecule has 0 saturated carbocycles. The Bertz CT molecular complexity index is 608. The summed E-state index contributed by atoms with van der Waals surface area (Å²) < 4.78 is 14.3. The zero-order chi connectivity index (χ0) is 22.6. The van der Waals surface area contributed by atoms with Crippen LogP contribution < -0.4 is 0 Å². The molecule has 0 aromatic rings. The van der Waals surface area contributed by atoms with Crippen LogP contribution in [0.15, 0.2) is 34.0 Å². The Morgan fingerprint density at radius 3 is 1.90 bits per heavy atom. The van der Waals surface area contributed by atoms with Crippen LogP contribution in [-0.2, 0) is 8.85 Å². The minimum absolute atomic E-state index is 0.0292. The summed E-state index contributed by atoms with van der Waals surface area (Å²) in [5, 5.41) is 0.499. The minimum atomic E-state index is -1.75. The summed E-state index contributed by atoms with van der Waals surface area (Å²) in [7, 11) is -3.44. The smallest absolute Gasteiger partial charge is 0.192 e. The van der Waals surface area contributed by atoms with Gasteiger partial charge in [-0.15, -0.1) is 0 Å². The first-order valence-corrected chi connectivity index (χ1v) is 17.9. The second-order valence-electron chi connectivity index (χ2n) is 11.6. The first-order chi connectivity index (χ1) is 13.0. The van der Waals surface area contributed by atoms with Crippen LogP contribution in [0.3, 0.4) is 0 Å². The van der Waals surface area contributed by atoms with Gasteiger partial charge in [0.2, 0.25) is 0 Å². The predicted octanol–water partition coefficient (Wildman–Crippen LogP) is 8.63. The largest absolute Gasteiger partial charge is 0.416 e. The van der Waals surface area contributed by atoms with E-state index in [-0.39, 0.29) is 15.5 Å². The van der Waals surface area contributed by atoms with Crippen molar-refractivity contribution in [1.29, 1.82) is 0 Å². The molecule has 0 radical (unpaired) electrons. The lowest BCUT2D eigenvalue weighted by Gasteiger charge is -2.40. The second-order valence-corrected chi connectivity index (χ2v) is 22.6. The molecular weight excluding hydrogens is 503 g/mol. The number of hydrogen-bond donors (Lipinski definition) is 0. The molecule has 0 fully saturated rings. The second kappa shape index (κ2) is 10.3. The number of allylic oxidation sites excluding steroid dienone is 3. The van der Waals surface area contributed by atoms with Crippen LogP contribution >= 0.6 is 22.6 Å². The molecule has 0 atom stereocenters. The molecule has 0 aromatic heterocycles. The van der Waals surface area contributed by atoms with Crippen molar-refractivity contribution in [3.05, 3.63) is 34.0 Å². The average molecular weight is 549 g/mol. The highest BCUT2D eigenvalue weighted by molar-refractivity contribution is 14.1. The molecular formula is C24H45IO2Si2. The highest BCUT2D eigenvalue weighted by atomic mass is 127. The van der Waals surface area contributed by atoms with Gasteiger partial charge in [-0.1, -0.05) is 71.9 Å². The lowest BCUT2D eigenvalue weighted by Crippen LogP contribution is -2.43. The van der Waals surface area contributed by atoms with Crippen LogP contribution in [0.25, 0.3) is 0 Å². The standard InChI is InChI=1S/C24H45IO2Si2/c1-22(2,3)28(7,8)26-19-21(25)15-14-18-24(16-12-11-13-17-24)20-27-29(9,10)23(4,5)6/h12-13,15-17H,11,14,18-20H2,1-10H3/b21-15-. The molecule has 2 nitrogen and oxygen atoms in total. The third-order valence-corrected chi connectivity index (χ3v) is 16.7. The fourth-order valence-electron chi connectivity index (χ4n) is 2.63. The molecule has 168 valence electrons. The normalized spacial score (nSPS) is 18.4. The van der Waals surface area contributed by atoms with Crippen molar-refractivity contribution in [2.75, 3.05) is 13.2 Å². The number of halogens is 1. The van der Waals surface area contributed by atoms with E-state index < -0.39 is 16.6 Å². The molecule has 1 aliphatic rings. The molecule has 1 aliphatic carbocycles. The minimum Gasteiger partial charge on any atom is -0.416 e. The van der Waals surface area contributed by atoms with Gasteiger partial charge in [0.1, 0.15) is 0 Å². The Morgan fingerprint density at radius 2 is 1.41 bits per heavy atom.